The molecule has 3 N–H and O–H groups in total. The van der Waals surface area contributed by atoms with Crippen LogP contribution in [0.25, 0.3) is 6.08 Å². The molecular weight excluding hydrogens is 694 g/mol. The normalized spacial score (nSPS) is 30.2. The van der Waals surface area contributed by atoms with Gasteiger partial charge in [0, 0.05) is 29.2 Å². The Labute approximate surface area is 307 Å². The number of aliphatic hydroxyl groups excluding tert-OH is 1. The molecule has 53 heavy (non-hydrogen) atoms. The molecule has 0 saturated heterocycles. The Morgan fingerprint density at radius 2 is 1.85 bits per heavy atom. The molecule has 0 amide bonds. The van der Waals surface area contributed by atoms with Crippen LogP contribution >= 0.6 is 0 Å². The summed E-state index contributed by atoms with van der Waals surface area (Å²) >= 11 is 0. The summed E-state index contributed by atoms with van der Waals surface area (Å²) in [7, 11) is 1.37. The third-order valence-corrected chi connectivity index (χ3v) is 11.5. The standard InChI is InChI=1S/C38H47NO14/c1-5-49-35(45)53-38(17-15-27-26-11-10-24-20-25(40)14-16-36(24,2)34(26)28(41)21-37(27,38)3)31(42)22-50-32(43)13-9-23-8-12-29(30(19-23)48-4)52-33(44)7-6-18-51-39(46)47/h8-9,12-14,16,19-20,26-28,34,41,46-47H,5-7,10-11,15,17-18,21-22H2,1-4H3/b13-9+/t26-,27-,28-,34+,36-,37-,38-/m0/s1. The molecule has 0 radical (unpaired) electrons. The van der Waals surface area contributed by atoms with Crippen molar-refractivity contribution in [2.24, 2.45) is 28.6 Å². The number of methoxy groups -OCH3 is 1. The van der Waals surface area contributed by atoms with E-state index in [1.807, 2.05) is 19.9 Å². The molecule has 1 aromatic rings. The van der Waals surface area contributed by atoms with Crippen molar-refractivity contribution in [1.82, 2.24) is 5.39 Å². The molecule has 1 aromatic carbocycles. The molecule has 0 aromatic heterocycles. The monoisotopic (exact) mass is 741 g/mol. The zero-order valence-electron chi connectivity index (χ0n) is 30.3. The molecule has 288 valence electrons. The first-order valence-electron chi connectivity index (χ1n) is 17.7. The number of hydrogen-bond acceptors (Lipinski definition) is 15. The predicted molar refractivity (Wildman–Crippen MR) is 183 cm³/mol. The van der Waals surface area contributed by atoms with Gasteiger partial charge in [-0.25, -0.2) is 9.59 Å². The van der Waals surface area contributed by atoms with Gasteiger partial charge in [0.15, 0.2) is 29.5 Å². The molecule has 3 saturated carbocycles. The van der Waals surface area contributed by atoms with Gasteiger partial charge < -0.3 is 28.8 Å². The second-order valence-electron chi connectivity index (χ2n) is 14.3. The van der Waals surface area contributed by atoms with Gasteiger partial charge in [0.25, 0.3) is 0 Å². The summed E-state index contributed by atoms with van der Waals surface area (Å²) < 4.78 is 27.1. The van der Waals surface area contributed by atoms with Gasteiger partial charge in [0.05, 0.1) is 31.8 Å². The van der Waals surface area contributed by atoms with Gasteiger partial charge in [-0.05, 0) is 93.2 Å². The third-order valence-electron chi connectivity index (χ3n) is 11.5. The number of allylic oxidation sites excluding steroid dienone is 4. The third kappa shape index (κ3) is 8.09. The Morgan fingerprint density at radius 3 is 2.57 bits per heavy atom. The van der Waals surface area contributed by atoms with Crippen LogP contribution in [0.3, 0.4) is 0 Å². The molecule has 0 heterocycles. The van der Waals surface area contributed by atoms with Gasteiger partial charge in [-0.3, -0.25) is 29.6 Å². The fourth-order valence-electron chi connectivity index (χ4n) is 9.16. The predicted octanol–water partition coefficient (Wildman–Crippen LogP) is 4.71. The van der Waals surface area contributed by atoms with E-state index in [0.29, 0.717) is 24.8 Å². The number of hydrogen-bond donors (Lipinski definition) is 3. The summed E-state index contributed by atoms with van der Waals surface area (Å²) in [6.45, 7) is 4.73. The first-order valence-corrected chi connectivity index (χ1v) is 17.7. The van der Waals surface area contributed by atoms with E-state index in [1.165, 1.54) is 25.3 Å². The Bertz CT molecular complexity index is 1680. The van der Waals surface area contributed by atoms with Crippen LogP contribution in [0.5, 0.6) is 11.5 Å². The maximum Gasteiger partial charge on any atom is 0.509 e. The quantitative estimate of drug-likeness (QED) is 0.0777. The van der Waals surface area contributed by atoms with E-state index in [4.69, 9.17) is 34.1 Å². The summed E-state index contributed by atoms with van der Waals surface area (Å²) in [6, 6.07) is 4.55. The number of carbonyl (C=O) groups is 5. The Kier molecular flexibility index (Phi) is 12.2. The van der Waals surface area contributed by atoms with E-state index in [2.05, 4.69) is 4.84 Å². The Balaban J connectivity index is 1.27. The number of benzene rings is 1. The highest BCUT2D eigenvalue weighted by atomic mass is 17.1. The van der Waals surface area contributed by atoms with Crippen molar-refractivity contribution in [3.63, 3.8) is 0 Å². The number of rotatable bonds is 14. The highest BCUT2D eigenvalue weighted by Crippen LogP contribution is 2.68. The van der Waals surface area contributed by atoms with E-state index in [0.717, 1.165) is 11.6 Å². The van der Waals surface area contributed by atoms with Crippen molar-refractivity contribution in [2.75, 3.05) is 26.9 Å². The number of aliphatic hydroxyl groups is 1. The van der Waals surface area contributed by atoms with Crippen molar-refractivity contribution in [3.8, 4) is 11.5 Å². The van der Waals surface area contributed by atoms with Crippen molar-refractivity contribution in [3.05, 3.63) is 53.6 Å². The summed E-state index contributed by atoms with van der Waals surface area (Å²) in [6.07, 6.45) is 8.07. The highest BCUT2D eigenvalue weighted by Gasteiger charge is 2.70. The van der Waals surface area contributed by atoms with Gasteiger partial charge in [-0.2, -0.15) is 0 Å². The van der Waals surface area contributed by atoms with Crippen LogP contribution in [0.15, 0.2) is 48.1 Å². The van der Waals surface area contributed by atoms with Crippen LogP contribution in [0.1, 0.15) is 71.3 Å². The molecule has 4 aliphatic rings. The summed E-state index contributed by atoms with van der Waals surface area (Å²) in [5.74, 6) is -2.16. The minimum absolute atomic E-state index is 0.0221. The smallest absolute Gasteiger partial charge is 0.493 e. The fourth-order valence-corrected chi connectivity index (χ4v) is 9.16. The lowest BCUT2D eigenvalue weighted by molar-refractivity contribution is -0.492. The molecule has 4 aliphatic carbocycles. The maximum absolute atomic E-state index is 14.2. The minimum atomic E-state index is -1.72. The molecule has 5 rings (SSSR count). The zero-order valence-corrected chi connectivity index (χ0v) is 30.3. The number of ether oxygens (including phenoxy) is 5. The molecule has 0 aliphatic heterocycles. The lowest BCUT2D eigenvalue weighted by atomic mass is 9.46. The van der Waals surface area contributed by atoms with E-state index < -0.39 is 58.4 Å². The van der Waals surface area contributed by atoms with E-state index >= 15 is 0 Å². The van der Waals surface area contributed by atoms with Gasteiger partial charge in [-0.15, -0.1) is 0 Å². The van der Waals surface area contributed by atoms with E-state index in [9.17, 15) is 29.1 Å². The molecule has 15 nitrogen and oxygen atoms in total. The van der Waals surface area contributed by atoms with Crippen LogP contribution in [0, 0.1) is 28.6 Å². The minimum Gasteiger partial charge on any atom is -0.493 e. The number of nitrogens with zero attached hydrogens (tertiary/aromatic N) is 1. The average molecular weight is 742 g/mol. The van der Waals surface area contributed by atoms with Crippen molar-refractivity contribution < 1.29 is 68.0 Å². The van der Waals surface area contributed by atoms with Gasteiger partial charge in [0.1, 0.15) is 0 Å². The fraction of sp³-hybridized carbons (Fsp3) is 0.553. The number of carbonyl (C=O) groups excluding carboxylic acids is 5. The Morgan fingerprint density at radius 1 is 1.08 bits per heavy atom. The first kappa shape index (κ1) is 39.8. The zero-order chi connectivity index (χ0) is 38.6. The van der Waals surface area contributed by atoms with Gasteiger partial charge in [-0.1, -0.05) is 31.6 Å². The molecule has 0 bridgehead atoms. The van der Waals surface area contributed by atoms with Crippen LogP contribution in [-0.2, 0) is 38.2 Å². The van der Waals surface area contributed by atoms with Gasteiger partial charge in [0.2, 0.25) is 5.78 Å². The van der Waals surface area contributed by atoms with Crippen molar-refractivity contribution in [2.45, 2.75) is 77.4 Å². The second-order valence-corrected chi connectivity index (χ2v) is 14.3. The average Bonchev–Trinajstić information content (AvgIpc) is 3.40. The molecule has 7 atom stereocenters. The SMILES string of the molecule is CCOC(=O)O[C@]1(C(=O)COC(=O)/C=C/c2ccc(OC(=O)CCCON(O)O)c(OC)c2)CC[C@H]2[C@@H]3CCC4=CC(=O)C=C[C@]4(C)[C@H]3[C@@H](O)C[C@@]21C. The van der Waals surface area contributed by atoms with Crippen LogP contribution in [0.4, 0.5) is 4.79 Å². The maximum atomic E-state index is 14.2. The summed E-state index contributed by atoms with van der Waals surface area (Å²) in [5, 5.41) is 28.5. The van der Waals surface area contributed by atoms with Crippen molar-refractivity contribution in [1.29, 1.82) is 0 Å². The lowest BCUT2D eigenvalue weighted by Gasteiger charge is -2.59. The molecule has 0 spiro atoms. The number of fused-ring (bicyclic) bond motifs is 5. The molecular formula is C38H47NO14. The first-order chi connectivity index (χ1) is 25.2. The molecule has 0 unspecified atom stereocenters. The number of ketones is 2. The molecule has 3 fully saturated rings. The second kappa shape index (κ2) is 16.3. The van der Waals surface area contributed by atoms with Gasteiger partial charge >= 0.3 is 18.1 Å². The van der Waals surface area contributed by atoms with Crippen LogP contribution < -0.4 is 9.47 Å². The van der Waals surface area contributed by atoms with Crippen molar-refractivity contribution >= 4 is 35.7 Å². The largest absolute Gasteiger partial charge is 0.509 e. The number of Topliss-reactive ketones (excluding diaryl/α,β-unsaturated/α-hetero) is 1. The summed E-state index contributed by atoms with van der Waals surface area (Å²) in [5.41, 5.74) is -1.76. The topological polar surface area (TPSA) is 205 Å². The Hall–Kier alpha value is -4.41. The summed E-state index contributed by atoms with van der Waals surface area (Å²) in [4.78, 5) is 68.7. The highest BCUT2D eigenvalue weighted by molar-refractivity contribution is 6.01. The lowest BCUT2D eigenvalue weighted by Crippen LogP contribution is -2.63. The van der Waals surface area contributed by atoms with E-state index in [-0.39, 0.29) is 73.9 Å². The molecule has 15 heteroatoms. The number of esters is 2. The van der Waals surface area contributed by atoms with E-state index in [1.54, 1.807) is 25.1 Å². The van der Waals surface area contributed by atoms with Crippen LogP contribution in [-0.4, -0.2) is 89.2 Å². The van der Waals surface area contributed by atoms with Crippen LogP contribution in [0.2, 0.25) is 0 Å².